The standard InChI is InChI=1S/C21H30N4O.HI/c1-21(2)18(16-10-14-26-19(16)21)24-20(22-3)23-11-6-12-25-13-9-15-7-4-5-8-17(15)25;/h4-5,7-9,13,16,18-19H,6,10-12,14H2,1-3H3,(H2,22,23,24);1H. The zero-order chi connectivity index (χ0) is 18.1. The average molecular weight is 482 g/mol. The van der Waals surface area contributed by atoms with E-state index in [0.717, 1.165) is 38.5 Å². The molecule has 2 heterocycles. The third-order valence-corrected chi connectivity index (χ3v) is 6.16. The second kappa shape index (κ2) is 8.39. The van der Waals surface area contributed by atoms with Gasteiger partial charge < -0.3 is 19.9 Å². The molecule has 0 spiro atoms. The van der Waals surface area contributed by atoms with Gasteiger partial charge in [0.05, 0.1) is 6.10 Å². The normalized spacial score (nSPS) is 26.2. The van der Waals surface area contributed by atoms with Crippen LogP contribution in [0.1, 0.15) is 26.7 Å². The lowest BCUT2D eigenvalue weighted by Gasteiger charge is -2.54. The molecule has 27 heavy (non-hydrogen) atoms. The van der Waals surface area contributed by atoms with E-state index < -0.39 is 0 Å². The summed E-state index contributed by atoms with van der Waals surface area (Å²) in [5, 5.41) is 8.43. The predicted molar refractivity (Wildman–Crippen MR) is 122 cm³/mol. The van der Waals surface area contributed by atoms with E-state index in [4.69, 9.17) is 4.74 Å². The van der Waals surface area contributed by atoms with Gasteiger partial charge in [-0.2, -0.15) is 0 Å². The number of hydrogen-bond acceptors (Lipinski definition) is 2. The van der Waals surface area contributed by atoms with E-state index in [1.807, 2.05) is 7.05 Å². The molecule has 0 radical (unpaired) electrons. The third kappa shape index (κ3) is 3.83. The van der Waals surface area contributed by atoms with Gasteiger partial charge in [-0.25, -0.2) is 0 Å². The van der Waals surface area contributed by atoms with Crippen LogP contribution in [0, 0.1) is 11.3 Å². The van der Waals surface area contributed by atoms with Gasteiger partial charge in [-0.3, -0.25) is 4.99 Å². The number of rotatable bonds is 5. The molecule has 3 atom stereocenters. The summed E-state index contributed by atoms with van der Waals surface area (Å²) in [4.78, 5) is 4.42. The molecule has 2 aliphatic rings. The quantitative estimate of drug-likeness (QED) is 0.296. The van der Waals surface area contributed by atoms with E-state index in [1.165, 1.54) is 10.9 Å². The van der Waals surface area contributed by atoms with Crippen LogP contribution in [0.2, 0.25) is 0 Å². The molecule has 148 valence electrons. The Labute approximate surface area is 179 Å². The Morgan fingerprint density at radius 1 is 1.30 bits per heavy atom. The fourth-order valence-electron chi connectivity index (χ4n) is 4.75. The summed E-state index contributed by atoms with van der Waals surface area (Å²) in [6.07, 6.45) is 4.79. The monoisotopic (exact) mass is 482 g/mol. The summed E-state index contributed by atoms with van der Waals surface area (Å²) in [6.45, 7) is 7.39. The lowest BCUT2D eigenvalue weighted by Crippen LogP contribution is -2.68. The Balaban J connectivity index is 0.00000210. The number of aromatic nitrogens is 1. The molecule has 1 saturated heterocycles. The molecule has 1 aliphatic heterocycles. The van der Waals surface area contributed by atoms with Crippen molar-refractivity contribution in [2.24, 2.45) is 16.3 Å². The highest BCUT2D eigenvalue weighted by molar-refractivity contribution is 14.0. The summed E-state index contributed by atoms with van der Waals surface area (Å²) in [7, 11) is 1.85. The van der Waals surface area contributed by atoms with Crippen LogP contribution in [0.4, 0.5) is 0 Å². The third-order valence-electron chi connectivity index (χ3n) is 6.16. The van der Waals surface area contributed by atoms with Crippen LogP contribution in [-0.4, -0.2) is 42.9 Å². The number of halogens is 1. The SMILES string of the molecule is CN=C(NCCCn1ccc2ccccc21)NC1C2CCOC2C1(C)C.I. The van der Waals surface area contributed by atoms with Gasteiger partial charge in [0.1, 0.15) is 0 Å². The number of aryl methyl sites for hydroxylation is 1. The number of nitrogens with zero attached hydrogens (tertiary/aromatic N) is 2. The summed E-state index contributed by atoms with van der Waals surface area (Å²) in [5.74, 6) is 1.53. The molecule has 3 unspecified atom stereocenters. The predicted octanol–water partition coefficient (Wildman–Crippen LogP) is 3.63. The summed E-state index contributed by atoms with van der Waals surface area (Å²) in [5.41, 5.74) is 1.47. The Morgan fingerprint density at radius 3 is 2.93 bits per heavy atom. The molecule has 2 N–H and O–H groups in total. The van der Waals surface area contributed by atoms with Crippen molar-refractivity contribution < 1.29 is 4.74 Å². The van der Waals surface area contributed by atoms with Crippen LogP contribution in [0.3, 0.4) is 0 Å². The molecule has 5 nitrogen and oxygen atoms in total. The van der Waals surface area contributed by atoms with Crippen molar-refractivity contribution in [1.29, 1.82) is 0 Å². The number of ether oxygens (including phenoxy) is 1. The van der Waals surface area contributed by atoms with Gasteiger partial charge in [0.25, 0.3) is 0 Å². The van der Waals surface area contributed by atoms with Crippen molar-refractivity contribution in [2.75, 3.05) is 20.2 Å². The first-order chi connectivity index (χ1) is 12.6. The van der Waals surface area contributed by atoms with Crippen molar-refractivity contribution in [3.05, 3.63) is 36.5 Å². The molecule has 1 aromatic heterocycles. The van der Waals surface area contributed by atoms with E-state index in [-0.39, 0.29) is 29.4 Å². The molecule has 0 bridgehead atoms. The van der Waals surface area contributed by atoms with Crippen molar-refractivity contribution in [3.63, 3.8) is 0 Å². The van der Waals surface area contributed by atoms with Gasteiger partial charge in [-0.15, -0.1) is 24.0 Å². The molecule has 2 fully saturated rings. The topological polar surface area (TPSA) is 50.6 Å². The fraction of sp³-hybridized carbons (Fsp3) is 0.571. The van der Waals surface area contributed by atoms with E-state index in [2.05, 4.69) is 70.6 Å². The number of nitrogens with one attached hydrogen (secondary N) is 2. The number of hydrogen-bond donors (Lipinski definition) is 2. The molecule has 0 amide bonds. The summed E-state index contributed by atoms with van der Waals surface area (Å²) in [6, 6.07) is 11.2. The van der Waals surface area contributed by atoms with Gasteiger partial charge >= 0.3 is 0 Å². The Kier molecular flexibility index (Phi) is 6.35. The number of benzene rings is 1. The minimum absolute atomic E-state index is 0. The van der Waals surface area contributed by atoms with Crippen molar-refractivity contribution in [3.8, 4) is 0 Å². The minimum atomic E-state index is 0. The molecular formula is C21H31IN4O. The van der Waals surface area contributed by atoms with Crippen molar-refractivity contribution in [1.82, 2.24) is 15.2 Å². The smallest absolute Gasteiger partial charge is 0.191 e. The van der Waals surface area contributed by atoms with Gasteiger partial charge in [0.15, 0.2) is 5.96 Å². The molecule has 2 aromatic rings. The second-order valence-electron chi connectivity index (χ2n) is 8.11. The largest absolute Gasteiger partial charge is 0.377 e. The van der Waals surface area contributed by atoms with Crippen LogP contribution >= 0.6 is 24.0 Å². The first-order valence-corrected chi connectivity index (χ1v) is 9.74. The number of fused-ring (bicyclic) bond motifs is 2. The van der Waals surface area contributed by atoms with Crippen LogP contribution in [0.5, 0.6) is 0 Å². The Morgan fingerprint density at radius 2 is 2.11 bits per heavy atom. The number of guanidine groups is 1. The number of aliphatic imine (C=N–C) groups is 1. The Bertz CT molecular complexity index is 800. The lowest BCUT2D eigenvalue weighted by molar-refractivity contribution is -0.106. The highest BCUT2D eigenvalue weighted by Crippen LogP contribution is 2.52. The molecule has 1 aromatic carbocycles. The van der Waals surface area contributed by atoms with Crippen molar-refractivity contribution >= 4 is 40.8 Å². The van der Waals surface area contributed by atoms with Gasteiger partial charge in [0.2, 0.25) is 0 Å². The first kappa shape index (κ1) is 20.5. The second-order valence-corrected chi connectivity index (χ2v) is 8.11. The molecule has 6 heteroatoms. The molecule has 4 rings (SSSR count). The maximum atomic E-state index is 5.88. The minimum Gasteiger partial charge on any atom is -0.377 e. The van der Waals surface area contributed by atoms with Crippen molar-refractivity contribution in [2.45, 2.75) is 45.4 Å². The maximum absolute atomic E-state index is 5.88. The summed E-state index contributed by atoms with van der Waals surface area (Å²) < 4.78 is 8.21. The highest BCUT2D eigenvalue weighted by atomic mass is 127. The molecule has 1 aliphatic carbocycles. The summed E-state index contributed by atoms with van der Waals surface area (Å²) >= 11 is 0. The van der Waals surface area contributed by atoms with Gasteiger partial charge in [-0.1, -0.05) is 32.0 Å². The van der Waals surface area contributed by atoms with E-state index in [9.17, 15) is 0 Å². The Hall–Kier alpha value is -1.28. The molecular weight excluding hydrogens is 451 g/mol. The first-order valence-electron chi connectivity index (χ1n) is 9.74. The zero-order valence-electron chi connectivity index (χ0n) is 16.4. The average Bonchev–Trinajstić information content (AvgIpc) is 3.27. The van der Waals surface area contributed by atoms with E-state index in [1.54, 1.807) is 0 Å². The van der Waals surface area contributed by atoms with Crippen LogP contribution in [0.15, 0.2) is 41.5 Å². The molecule has 1 saturated carbocycles. The van der Waals surface area contributed by atoms with Crippen LogP contribution in [-0.2, 0) is 11.3 Å². The van der Waals surface area contributed by atoms with Gasteiger partial charge in [-0.05, 0) is 30.4 Å². The lowest BCUT2D eigenvalue weighted by atomic mass is 9.57. The van der Waals surface area contributed by atoms with E-state index >= 15 is 0 Å². The van der Waals surface area contributed by atoms with E-state index in [0.29, 0.717) is 18.1 Å². The fourth-order valence-corrected chi connectivity index (χ4v) is 4.75. The highest BCUT2D eigenvalue weighted by Gasteiger charge is 2.59. The van der Waals surface area contributed by atoms with Crippen LogP contribution in [0.25, 0.3) is 10.9 Å². The number of para-hydroxylation sites is 1. The maximum Gasteiger partial charge on any atom is 0.191 e. The zero-order valence-corrected chi connectivity index (χ0v) is 18.8. The van der Waals surface area contributed by atoms with Gasteiger partial charge in [0, 0.05) is 55.8 Å². The van der Waals surface area contributed by atoms with Crippen LogP contribution < -0.4 is 10.6 Å².